The Labute approximate surface area is 285 Å². The molecule has 9 nitrogen and oxygen atoms in total. The third kappa shape index (κ3) is 6.40. The highest BCUT2D eigenvalue weighted by Gasteiger charge is 2.56. The molecule has 8 rings (SSSR count). The molecule has 2 N–H and O–H groups in total. The summed E-state index contributed by atoms with van der Waals surface area (Å²) in [6, 6.07) is 13.9. The molecule has 49 heavy (non-hydrogen) atoms. The maximum Gasteiger partial charge on any atom is 0.261 e. The molecule has 258 valence electrons. The molecule has 0 radical (unpaired) electrons. The van der Waals surface area contributed by atoms with Gasteiger partial charge in [0.25, 0.3) is 5.56 Å². The fraction of sp³-hybridized carbons (Fsp3) is 0.474. The van der Waals surface area contributed by atoms with Crippen LogP contribution in [0.15, 0.2) is 70.7 Å². The molecule has 5 atom stereocenters. The first-order chi connectivity index (χ1) is 23.7. The smallest absolute Gasteiger partial charge is 0.261 e. The number of anilines is 1. The Morgan fingerprint density at radius 1 is 1.18 bits per heavy atom. The van der Waals surface area contributed by atoms with E-state index < -0.39 is 6.67 Å². The zero-order valence-electron chi connectivity index (χ0n) is 28.6. The molecule has 0 amide bonds. The van der Waals surface area contributed by atoms with Gasteiger partial charge in [-0.2, -0.15) is 0 Å². The van der Waals surface area contributed by atoms with Crippen molar-refractivity contribution in [2.75, 3.05) is 38.7 Å². The third-order valence-corrected chi connectivity index (χ3v) is 11.3. The number of hydrogen-bond acceptors (Lipinski definition) is 6. The van der Waals surface area contributed by atoms with Gasteiger partial charge in [0, 0.05) is 55.9 Å². The number of rotatable bonds is 8. The van der Waals surface area contributed by atoms with Crippen LogP contribution in [-0.4, -0.2) is 70.9 Å². The molecule has 0 unspecified atom stereocenters. The predicted octanol–water partition coefficient (Wildman–Crippen LogP) is 5.93. The second kappa shape index (κ2) is 13.5. The first-order valence-electron chi connectivity index (χ1n) is 17.3. The van der Waals surface area contributed by atoms with Gasteiger partial charge in [0.2, 0.25) is 0 Å². The van der Waals surface area contributed by atoms with Crippen LogP contribution < -0.4 is 20.9 Å². The first kappa shape index (κ1) is 33.1. The molecule has 11 heteroatoms. The maximum atomic E-state index is 14.8. The van der Waals surface area contributed by atoms with Crippen LogP contribution in [0.4, 0.5) is 14.5 Å². The van der Waals surface area contributed by atoms with Crippen LogP contribution in [0, 0.1) is 29.0 Å². The van der Waals surface area contributed by atoms with Crippen molar-refractivity contribution in [2.24, 2.45) is 28.2 Å². The normalized spacial score (nSPS) is 24.8. The second-order valence-electron chi connectivity index (χ2n) is 14.4. The standard InChI is InChI=1S/C38H45F2N7O2/c1-23-31-16-26(38(31,2)3)17-33(23)45-37(46-15-13-42-28(20-39)22-46)43-27-8-10-30-34(18-27)44-35(25-6-5-12-41-21-25)47(36(30)48)14-11-24-7-9-29(49-4)19-32(24)40/h5-10,12,18-19,21,23,26,28,31,33,42H,11,13-17,20,22H2,1-4H3,(H,43,45)/t23-,26-,28-,31+,33-/m0/s1. The molecule has 2 aromatic heterocycles. The first-order valence-corrected chi connectivity index (χ1v) is 17.3. The number of nitrogens with zero attached hydrogens (tertiary/aromatic N) is 5. The van der Waals surface area contributed by atoms with Crippen LogP contribution >= 0.6 is 0 Å². The van der Waals surface area contributed by atoms with Gasteiger partial charge in [-0.05, 0) is 84.4 Å². The highest BCUT2D eigenvalue weighted by Crippen LogP contribution is 2.61. The van der Waals surface area contributed by atoms with E-state index in [0.29, 0.717) is 82.8 Å². The number of hydrogen-bond donors (Lipinski definition) is 2. The number of guanidine groups is 1. The Morgan fingerprint density at radius 2 is 2.04 bits per heavy atom. The molecule has 1 saturated heterocycles. The van der Waals surface area contributed by atoms with Crippen LogP contribution in [-0.2, 0) is 13.0 Å². The minimum atomic E-state index is -0.448. The quantitative estimate of drug-likeness (QED) is 0.177. The number of methoxy groups -OCH3 is 1. The number of halogens is 2. The van der Waals surface area contributed by atoms with Crippen LogP contribution in [0.3, 0.4) is 0 Å². The Balaban J connectivity index is 1.23. The molecule has 3 aliphatic carbocycles. The Kier molecular flexibility index (Phi) is 9.13. The summed E-state index contributed by atoms with van der Waals surface area (Å²) in [6.45, 7) is 8.76. The second-order valence-corrected chi connectivity index (χ2v) is 14.4. The zero-order valence-corrected chi connectivity index (χ0v) is 28.6. The van der Waals surface area contributed by atoms with Gasteiger partial charge in [-0.25, -0.2) is 18.8 Å². The van der Waals surface area contributed by atoms with Crippen LogP contribution in [0.5, 0.6) is 5.75 Å². The van der Waals surface area contributed by atoms with Gasteiger partial charge in [-0.3, -0.25) is 14.3 Å². The van der Waals surface area contributed by atoms with Gasteiger partial charge >= 0.3 is 0 Å². The van der Waals surface area contributed by atoms with Crippen molar-refractivity contribution in [3.63, 3.8) is 0 Å². The summed E-state index contributed by atoms with van der Waals surface area (Å²) >= 11 is 0. The Morgan fingerprint density at radius 3 is 2.76 bits per heavy atom. The number of aryl methyl sites for hydroxylation is 1. The third-order valence-electron chi connectivity index (χ3n) is 11.3. The number of ether oxygens (including phenoxy) is 1. The summed E-state index contributed by atoms with van der Waals surface area (Å²) in [6.07, 6.45) is 5.95. The van der Waals surface area contributed by atoms with Gasteiger partial charge in [0.1, 0.15) is 24.1 Å². The SMILES string of the molecule is COc1ccc(CCn2c(-c3cccnc3)nc3cc(NC(=N[C@H]4C[C@@H]5C[C@H]([C@@H]4C)C5(C)C)N4CCN[C@@H](CF)C4)ccc3c2=O)c(F)c1. The summed E-state index contributed by atoms with van der Waals surface area (Å²) in [5.41, 5.74) is 2.56. The number of fused-ring (bicyclic) bond motifs is 3. The van der Waals surface area contributed by atoms with E-state index in [9.17, 15) is 13.6 Å². The van der Waals surface area contributed by atoms with Crippen molar-refractivity contribution in [2.45, 2.75) is 58.7 Å². The van der Waals surface area contributed by atoms with E-state index in [1.54, 1.807) is 41.2 Å². The van der Waals surface area contributed by atoms with Gasteiger partial charge < -0.3 is 20.3 Å². The van der Waals surface area contributed by atoms with Crippen molar-refractivity contribution in [3.05, 3.63) is 82.7 Å². The number of pyridine rings is 1. The van der Waals surface area contributed by atoms with Crippen molar-refractivity contribution in [1.29, 1.82) is 0 Å². The van der Waals surface area contributed by atoms with Crippen molar-refractivity contribution < 1.29 is 13.5 Å². The van der Waals surface area contributed by atoms with E-state index in [1.165, 1.54) is 19.6 Å². The predicted molar refractivity (Wildman–Crippen MR) is 189 cm³/mol. The van der Waals surface area contributed by atoms with E-state index in [2.05, 4.69) is 41.3 Å². The number of nitrogens with one attached hydrogen (secondary N) is 2. The van der Waals surface area contributed by atoms with Gasteiger partial charge in [-0.15, -0.1) is 0 Å². The van der Waals surface area contributed by atoms with Crippen LogP contribution in [0.25, 0.3) is 22.3 Å². The van der Waals surface area contributed by atoms with Crippen LogP contribution in [0.1, 0.15) is 39.2 Å². The Hall–Kier alpha value is -4.38. The lowest BCUT2D eigenvalue weighted by Crippen LogP contribution is -2.58. The lowest BCUT2D eigenvalue weighted by Gasteiger charge is -2.61. The van der Waals surface area contributed by atoms with E-state index in [-0.39, 0.29) is 30.0 Å². The average molecular weight is 670 g/mol. The number of aromatic nitrogens is 3. The summed E-state index contributed by atoms with van der Waals surface area (Å²) < 4.78 is 35.4. The fourth-order valence-corrected chi connectivity index (χ4v) is 8.21. The maximum absolute atomic E-state index is 14.8. The van der Waals surface area contributed by atoms with Gasteiger partial charge in [0.15, 0.2) is 5.96 Å². The molecule has 3 heterocycles. The summed E-state index contributed by atoms with van der Waals surface area (Å²) in [7, 11) is 1.50. The molecule has 2 bridgehead atoms. The summed E-state index contributed by atoms with van der Waals surface area (Å²) in [5.74, 6) is 2.98. The highest BCUT2D eigenvalue weighted by atomic mass is 19.1. The number of benzene rings is 2. The average Bonchev–Trinajstić information content (AvgIpc) is 3.12. The lowest BCUT2D eigenvalue weighted by atomic mass is 9.45. The van der Waals surface area contributed by atoms with E-state index >= 15 is 0 Å². The molecular weight excluding hydrogens is 624 g/mol. The van der Waals surface area contributed by atoms with E-state index in [1.807, 2.05) is 18.2 Å². The largest absolute Gasteiger partial charge is 0.497 e. The van der Waals surface area contributed by atoms with E-state index in [0.717, 1.165) is 18.1 Å². The van der Waals surface area contributed by atoms with Crippen molar-refractivity contribution >= 4 is 22.5 Å². The molecular formula is C38H45F2N7O2. The summed E-state index contributed by atoms with van der Waals surface area (Å²) in [4.78, 5) is 30.8. The molecule has 4 aliphatic rings. The monoisotopic (exact) mass is 669 g/mol. The topological polar surface area (TPSA) is 96.7 Å². The van der Waals surface area contributed by atoms with E-state index in [4.69, 9.17) is 14.7 Å². The molecule has 3 saturated carbocycles. The molecule has 2 aromatic carbocycles. The minimum Gasteiger partial charge on any atom is -0.497 e. The van der Waals surface area contributed by atoms with Crippen molar-refractivity contribution in [1.82, 2.24) is 24.8 Å². The number of piperazine rings is 1. The molecule has 4 fully saturated rings. The van der Waals surface area contributed by atoms with Gasteiger partial charge in [-0.1, -0.05) is 26.8 Å². The minimum absolute atomic E-state index is 0.177. The Bertz CT molecular complexity index is 1910. The van der Waals surface area contributed by atoms with Gasteiger partial charge in [0.05, 0.1) is 30.1 Å². The van der Waals surface area contributed by atoms with Crippen molar-refractivity contribution in [3.8, 4) is 17.1 Å². The zero-order chi connectivity index (χ0) is 34.3. The summed E-state index contributed by atoms with van der Waals surface area (Å²) in [5, 5.41) is 7.29. The number of alkyl halides is 1. The van der Waals surface area contributed by atoms with Crippen LogP contribution in [0.2, 0.25) is 0 Å². The highest BCUT2D eigenvalue weighted by molar-refractivity contribution is 5.96. The lowest BCUT2D eigenvalue weighted by molar-refractivity contribution is -0.108. The molecule has 4 aromatic rings. The molecule has 1 aliphatic heterocycles. The fourth-order valence-electron chi connectivity index (χ4n) is 8.21. The molecule has 0 spiro atoms. The number of aliphatic imine (C=N–C) groups is 1.